The van der Waals surface area contributed by atoms with Crippen LogP contribution in [0.3, 0.4) is 0 Å². The zero-order valence-electron chi connectivity index (χ0n) is 19.3. The lowest BCUT2D eigenvalue weighted by molar-refractivity contribution is -0.134. The first-order valence-corrected chi connectivity index (χ1v) is 12.3. The van der Waals surface area contributed by atoms with Crippen molar-refractivity contribution in [3.63, 3.8) is 0 Å². The van der Waals surface area contributed by atoms with E-state index in [9.17, 15) is 4.79 Å². The fourth-order valence-electron chi connectivity index (χ4n) is 6.14. The second-order valence-electron chi connectivity index (χ2n) is 10.0. The van der Waals surface area contributed by atoms with E-state index < -0.39 is 0 Å². The number of carbonyl (C=O) groups is 1. The van der Waals surface area contributed by atoms with E-state index in [0.717, 1.165) is 51.2 Å². The molecule has 0 radical (unpaired) electrons. The van der Waals surface area contributed by atoms with E-state index in [0.29, 0.717) is 23.8 Å². The summed E-state index contributed by atoms with van der Waals surface area (Å²) in [6, 6.07) is 24.2. The molecule has 0 spiro atoms. The third kappa shape index (κ3) is 3.91. The molecule has 3 aliphatic rings. The van der Waals surface area contributed by atoms with E-state index in [-0.39, 0.29) is 5.92 Å². The maximum Gasteiger partial charge on any atom is 0.225 e. The highest BCUT2D eigenvalue weighted by molar-refractivity contribution is 5.85. The Morgan fingerprint density at radius 1 is 0.939 bits per heavy atom. The van der Waals surface area contributed by atoms with Gasteiger partial charge in [0.05, 0.1) is 7.11 Å². The van der Waals surface area contributed by atoms with Crippen LogP contribution in [0.5, 0.6) is 5.75 Å². The minimum atomic E-state index is 0.286. The Morgan fingerprint density at radius 3 is 2.52 bits per heavy atom. The largest absolute Gasteiger partial charge is 0.497 e. The molecule has 3 fully saturated rings. The van der Waals surface area contributed by atoms with Crippen LogP contribution in [0, 0.1) is 11.8 Å². The molecule has 0 aromatic heterocycles. The lowest BCUT2D eigenvalue weighted by Crippen LogP contribution is -2.48. The van der Waals surface area contributed by atoms with Crippen LogP contribution < -0.4 is 4.74 Å². The first-order chi connectivity index (χ1) is 16.2. The quantitative estimate of drug-likeness (QED) is 0.555. The molecule has 2 heterocycles. The normalized spacial score (nSPS) is 25.2. The number of methoxy groups -OCH3 is 1. The summed E-state index contributed by atoms with van der Waals surface area (Å²) >= 11 is 0. The maximum absolute atomic E-state index is 13.2. The highest BCUT2D eigenvalue weighted by Gasteiger charge is 2.49. The van der Waals surface area contributed by atoms with E-state index in [1.54, 1.807) is 7.11 Å². The topological polar surface area (TPSA) is 32.8 Å². The summed E-state index contributed by atoms with van der Waals surface area (Å²) in [6.07, 6.45) is 3.22. The first kappa shape index (κ1) is 20.7. The van der Waals surface area contributed by atoms with Crippen LogP contribution in [-0.2, 0) is 11.3 Å². The van der Waals surface area contributed by atoms with Gasteiger partial charge in [0.15, 0.2) is 0 Å². The van der Waals surface area contributed by atoms with Crippen LogP contribution in [0.1, 0.15) is 36.3 Å². The standard InChI is InChI=1S/C29H32N2O2/c1-33-24-13-11-21(12-14-24)26-19-31(29(32)22-9-10-22)28-15-16-30(18-27(26)28)17-23-7-4-6-20-5-2-3-8-25(20)23/h2-8,11-14,22,26-28H,9-10,15-19H2,1H3/t26-,27-,28-/m1/s1. The summed E-state index contributed by atoms with van der Waals surface area (Å²) in [5.41, 5.74) is 2.74. The number of benzene rings is 3. The number of amides is 1. The fraction of sp³-hybridized carbons (Fsp3) is 0.414. The van der Waals surface area contributed by atoms with Gasteiger partial charge in [0.2, 0.25) is 5.91 Å². The molecule has 0 unspecified atom stereocenters. The molecule has 3 aromatic rings. The van der Waals surface area contributed by atoms with Gasteiger partial charge < -0.3 is 9.64 Å². The number of piperidine rings is 1. The number of rotatable bonds is 5. The van der Waals surface area contributed by atoms with Gasteiger partial charge >= 0.3 is 0 Å². The first-order valence-electron chi connectivity index (χ1n) is 12.3. The molecule has 2 aliphatic heterocycles. The van der Waals surface area contributed by atoms with E-state index in [4.69, 9.17) is 4.74 Å². The predicted octanol–water partition coefficient (Wildman–Crippen LogP) is 5.07. The van der Waals surface area contributed by atoms with Crippen LogP contribution in [-0.4, -0.2) is 48.5 Å². The van der Waals surface area contributed by atoms with Crippen LogP contribution in [0.4, 0.5) is 0 Å². The van der Waals surface area contributed by atoms with Gasteiger partial charge in [-0.2, -0.15) is 0 Å². The van der Waals surface area contributed by atoms with Crippen LogP contribution in [0.2, 0.25) is 0 Å². The van der Waals surface area contributed by atoms with Crippen LogP contribution in [0.25, 0.3) is 10.8 Å². The fourth-order valence-corrected chi connectivity index (χ4v) is 6.14. The Kier molecular flexibility index (Phi) is 5.34. The second-order valence-corrected chi connectivity index (χ2v) is 10.0. The zero-order chi connectivity index (χ0) is 22.4. The molecule has 33 heavy (non-hydrogen) atoms. The van der Waals surface area contributed by atoms with Gasteiger partial charge in [-0.1, -0.05) is 54.6 Å². The molecular formula is C29H32N2O2. The molecule has 6 rings (SSSR count). The van der Waals surface area contributed by atoms with Gasteiger partial charge in [0.1, 0.15) is 5.75 Å². The summed E-state index contributed by atoms with van der Waals surface area (Å²) < 4.78 is 5.38. The summed E-state index contributed by atoms with van der Waals surface area (Å²) in [7, 11) is 1.71. The molecule has 1 saturated carbocycles. The van der Waals surface area contributed by atoms with Crippen molar-refractivity contribution >= 4 is 16.7 Å². The Bertz CT molecular complexity index is 1150. The number of hydrogen-bond acceptors (Lipinski definition) is 3. The van der Waals surface area contributed by atoms with Gasteiger partial charge in [0, 0.05) is 50.0 Å². The molecule has 2 saturated heterocycles. The van der Waals surface area contributed by atoms with Crippen molar-refractivity contribution in [2.24, 2.45) is 11.8 Å². The third-order valence-corrected chi connectivity index (χ3v) is 8.04. The highest BCUT2D eigenvalue weighted by atomic mass is 16.5. The van der Waals surface area contributed by atoms with Gasteiger partial charge in [-0.15, -0.1) is 0 Å². The second kappa shape index (κ2) is 8.49. The minimum Gasteiger partial charge on any atom is -0.497 e. The van der Waals surface area contributed by atoms with Crippen molar-refractivity contribution in [3.05, 3.63) is 77.9 Å². The van der Waals surface area contributed by atoms with E-state index in [2.05, 4.69) is 76.5 Å². The molecule has 3 aromatic carbocycles. The minimum absolute atomic E-state index is 0.286. The van der Waals surface area contributed by atoms with E-state index in [1.165, 1.54) is 21.9 Å². The number of likely N-dealkylation sites (tertiary alicyclic amines) is 2. The average Bonchev–Trinajstić information content (AvgIpc) is 3.65. The Hall–Kier alpha value is -2.85. The highest BCUT2D eigenvalue weighted by Crippen LogP contribution is 2.44. The molecule has 1 amide bonds. The van der Waals surface area contributed by atoms with Gasteiger partial charge in [-0.05, 0) is 53.3 Å². The van der Waals surface area contributed by atoms with Gasteiger partial charge in [-0.25, -0.2) is 0 Å². The summed E-state index contributed by atoms with van der Waals surface area (Å²) in [4.78, 5) is 18.0. The van der Waals surface area contributed by atoms with Crippen molar-refractivity contribution in [1.29, 1.82) is 0 Å². The molecule has 4 heteroatoms. The molecule has 0 bridgehead atoms. The smallest absolute Gasteiger partial charge is 0.225 e. The molecule has 170 valence electrons. The van der Waals surface area contributed by atoms with Crippen LogP contribution in [0.15, 0.2) is 66.7 Å². The van der Waals surface area contributed by atoms with Gasteiger partial charge in [0.25, 0.3) is 0 Å². The van der Waals surface area contributed by atoms with Crippen molar-refractivity contribution < 1.29 is 9.53 Å². The maximum atomic E-state index is 13.2. The molecule has 0 N–H and O–H groups in total. The van der Waals surface area contributed by atoms with Crippen molar-refractivity contribution in [2.45, 2.75) is 37.8 Å². The SMILES string of the molecule is COc1ccc([C@H]2CN(C(=O)C3CC3)[C@@H]3CCN(Cc4cccc5ccccc45)C[C@H]23)cc1. The van der Waals surface area contributed by atoms with Gasteiger partial charge in [-0.3, -0.25) is 9.69 Å². The number of hydrogen-bond donors (Lipinski definition) is 0. The van der Waals surface area contributed by atoms with E-state index in [1.807, 2.05) is 0 Å². The van der Waals surface area contributed by atoms with Crippen molar-refractivity contribution in [3.8, 4) is 5.75 Å². The third-order valence-electron chi connectivity index (χ3n) is 8.04. The molecular weight excluding hydrogens is 408 g/mol. The Balaban J connectivity index is 1.26. The predicted molar refractivity (Wildman–Crippen MR) is 131 cm³/mol. The summed E-state index contributed by atoms with van der Waals surface area (Å²) in [6.45, 7) is 3.92. The summed E-state index contributed by atoms with van der Waals surface area (Å²) in [5, 5.41) is 2.66. The Morgan fingerprint density at radius 2 is 1.73 bits per heavy atom. The number of ether oxygens (including phenoxy) is 1. The monoisotopic (exact) mass is 440 g/mol. The Labute approximate surface area is 196 Å². The van der Waals surface area contributed by atoms with E-state index >= 15 is 0 Å². The summed E-state index contributed by atoms with van der Waals surface area (Å²) in [5.74, 6) is 2.45. The molecule has 1 aliphatic carbocycles. The molecule has 4 nitrogen and oxygen atoms in total. The number of carbonyl (C=O) groups excluding carboxylic acids is 1. The number of fused-ring (bicyclic) bond motifs is 2. The van der Waals surface area contributed by atoms with Crippen molar-refractivity contribution in [1.82, 2.24) is 9.80 Å². The van der Waals surface area contributed by atoms with Crippen LogP contribution >= 0.6 is 0 Å². The zero-order valence-corrected chi connectivity index (χ0v) is 19.3. The average molecular weight is 441 g/mol. The lowest BCUT2D eigenvalue weighted by atomic mass is 9.81. The molecule has 3 atom stereocenters. The lowest BCUT2D eigenvalue weighted by Gasteiger charge is -2.39. The van der Waals surface area contributed by atoms with Crippen molar-refractivity contribution in [2.75, 3.05) is 26.7 Å². The number of nitrogens with zero attached hydrogens (tertiary/aromatic N) is 2.